The van der Waals surface area contributed by atoms with Crippen molar-refractivity contribution < 1.29 is 19.3 Å². The van der Waals surface area contributed by atoms with Gasteiger partial charge in [-0.2, -0.15) is 0 Å². The van der Waals surface area contributed by atoms with Crippen LogP contribution in [0.5, 0.6) is 0 Å². The second kappa shape index (κ2) is 6.17. The molecule has 3 aliphatic rings. The molecule has 3 fully saturated rings. The van der Waals surface area contributed by atoms with Crippen molar-refractivity contribution in [3.63, 3.8) is 0 Å². The monoisotopic (exact) mass is 304 g/mol. The summed E-state index contributed by atoms with van der Waals surface area (Å²) in [5.74, 6) is 2.30. The van der Waals surface area contributed by atoms with E-state index < -0.39 is 5.79 Å². The van der Waals surface area contributed by atoms with Crippen LogP contribution in [0.3, 0.4) is 0 Å². The average molecular weight is 304 g/mol. The third kappa shape index (κ3) is 2.75. The Hall–Kier alpha value is -1.12. The van der Waals surface area contributed by atoms with Crippen LogP contribution in [0.2, 0.25) is 0 Å². The smallest absolute Gasteiger partial charge is 0.171 e. The van der Waals surface area contributed by atoms with Crippen molar-refractivity contribution in [2.75, 3.05) is 19.8 Å². The van der Waals surface area contributed by atoms with Gasteiger partial charge < -0.3 is 19.3 Å². The van der Waals surface area contributed by atoms with E-state index in [1.54, 1.807) is 0 Å². The number of epoxide rings is 1. The van der Waals surface area contributed by atoms with Crippen LogP contribution >= 0.6 is 0 Å². The number of hydrogen-bond donors (Lipinski definition) is 1. The molecule has 1 aliphatic carbocycles. The maximum Gasteiger partial charge on any atom is 0.171 e. The molecule has 0 radical (unpaired) electrons. The quantitative estimate of drug-likeness (QED) is 0.480. The summed E-state index contributed by atoms with van der Waals surface area (Å²) < 4.78 is 17.6. The standard InChI is InChI=1S/C18H24O4/c1-3-5-6-14(13-19)11-15(4-2)18-8-7-17(12-16(18)22-18)20-9-10-21-17/h2-3,5,11,15-16,19H,6-10,12-13H2,1H3/b5-3-,14-11+. The van der Waals surface area contributed by atoms with Gasteiger partial charge in [0.25, 0.3) is 0 Å². The van der Waals surface area contributed by atoms with Gasteiger partial charge in [0.15, 0.2) is 5.79 Å². The molecular weight excluding hydrogens is 280 g/mol. The zero-order chi connectivity index (χ0) is 15.6. The van der Waals surface area contributed by atoms with Crippen LogP contribution in [0, 0.1) is 18.3 Å². The number of terminal acetylenes is 1. The summed E-state index contributed by atoms with van der Waals surface area (Å²) in [4.78, 5) is 0. The molecule has 3 rings (SSSR count). The van der Waals surface area contributed by atoms with Gasteiger partial charge in [-0.05, 0) is 25.3 Å². The predicted molar refractivity (Wildman–Crippen MR) is 83.0 cm³/mol. The molecule has 1 N–H and O–H groups in total. The van der Waals surface area contributed by atoms with E-state index in [4.69, 9.17) is 20.6 Å². The lowest BCUT2D eigenvalue weighted by atomic mass is 9.77. The van der Waals surface area contributed by atoms with E-state index in [2.05, 4.69) is 5.92 Å². The topological polar surface area (TPSA) is 51.2 Å². The predicted octanol–water partition coefficient (Wildman–Crippen LogP) is 2.19. The minimum absolute atomic E-state index is 0.0272. The molecule has 3 atom stereocenters. The minimum Gasteiger partial charge on any atom is -0.392 e. The van der Waals surface area contributed by atoms with Crippen LogP contribution in [0.1, 0.15) is 32.6 Å². The number of allylic oxidation sites excluding steroid dienone is 2. The van der Waals surface area contributed by atoms with Crippen LogP contribution in [0.15, 0.2) is 23.8 Å². The van der Waals surface area contributed by atoms with Gasteiger partial charge >= 0.3 is 0 Å². The van der Waals surface area contributed by atoms with Gasteiger partial charge in [0, 0.05) is 12.8 Å². The molecule has 0 aromatic rings. The Morgan fingerprint density at radius 2 is 2.18 bits per heavy atom. The van der Waals surface area contributed by atoms with Gasteiger partial charge in [-0.15, -0.1) is 6.42 Å². The van der Waals surface area contributed by atoms with Crippen molar-refractivity contribution in [2.24, 2.45) is 5.92 Å². The number of fused-ring (bicyclic) bond motifs is 1. The van der Waals surface area contributed by atoms with Crippen molar-refractivity contribution in [2.45, 2.75) is 50.1 Å². The van der Waals surface area contributed by atoms with Crippen LogP contribution < -0.4 is 0 Å². The number of rotatable bonds is 5. The Balaban J connectivity index is 1.71. The van der Waals surface area contributed by atoms with E-state index in [0.29, 0.717) is 13.2 Å². The Morgan fingerprint density at radius 3 is 2.77 bits per heavy atom. The fraction of sp³-hybridized carbons (Fsp3) is 0.667. The molecule has 0 bridgehead atoms. The van der Waals surface area contributed by atoms with E-state index in [0.717, 1.165) is 31.3 Å². The first kappa shape index (κ1) is 15.8. The second-order valence-electron chi connectivity index (χ2n) is 6.27. The summed E-state index contributed by atoms with van der Waals surface area (Å²) in [6, 6.07) is 0. The van der Waals surface area contributed by atoms with Gasteiger partial charge in [-0.3, -0.25) is 0 Å². The van der Waals surface area contributed by atoms with Gasteiger partial charge in [0.1, 0.15) is 5.60 Å². The number of aliphatic hydroxyl groups is 1. The molecule has 4 nitrogen and oxygen atoms in total. The molecule has 2 aliphatic heterocycles. The van der Waals surface area contributed by atoms with Crippen molar-refractivity contribution >= 4 is 0 Å². The van der Waals surface area contributed by atoms with Gasteiger partial charge in [0.05, 0.1) is 31.8 Å². The molecule has 0 aromatic carbocycles. The van der Waals surface area contributed by atoms with Crippen LogP contribution in [0.4, 0.5) is 0 Å². The Labute approximate surface area is 132 Å². The number of hydrogen-bond acceptors (Lipinski definition) is 4. The van der Waals surface area contributed by atoms with Crippen molar-refractivity contribution in [3.05, 3.63) is 23.8 Å². The second-order valence-corrected chi connectivity index (χ2v) is 6.27. The zero-order valence-electron chi connectivity index (χ0n) is 13.1. The van der Waals surface area contributed by atoms with Gasteiger partial charge in [-0.1, -0.05) is 24.1 Å². The molecule has 120 valence electrons. The molecule has 4 heteroatoms. The Morgan fingerprint density at radius 1 is 1.41 bits per heavy atom. The summed E-state index contributed by atoms with van der Waals surface area (Å²) in [5.41, 5.74) is 0.657. The number of ether oxygens (including phenoxy) is 3. The highest BCUT2D eigenvalue weighted by Gasteiger charge is 2.66. The van der Waals surface area contributed by atoms with Crippen molar-refractivity contribution in [1.82, 2.24) is 0 Å². The highest BCUT2D eigenvalue weighted by Crippen LogP contribution is 2.57. The molecule has 3 unspecified atom stereocenters. The zero-order valence-corrected chi connectivity index (χ0v) is 13.1. The van der Waals surface area contributed by atoms with Crippen LogP contribution in [-0.4, -0.2) is 42.4 Å². The number of aliphatic hydroxyl groups excluding tert-OH is 1. The molecule has 2 saturated heterocycles. The summed E-state index contributed by atoms with van der Waals surface area (Å²) >= 11 is 0. The Kier molecular flexibility index (Phi) is 4.42. The highest BCUT2D eigenvalue weighted by molar-refractivity contribution is 5.27. The average Bonchev–Trinajstić information content (AvgIpc) is 3.08. The van der Waals surface area contributed by atoms with Gasteiger partial charge in [0.2, 0.25) is 0 Å². The summed E-state index contributed by atoms with van der Waals surface area (Å²) in [6.07, 6.45) is 15.0. The maximum atomic E-state index is 9.51. The SMILES string of the molecule is C#CC(/C=C(/CO)C/C=C\C)C12CCC3(CC1O2)OCCO3. The van der Waals surface area contributed by atoms with Crippen LogP contribution in [-0.2, 0) is 14.2 Å². The summed E-state index contributed by atoms with van der Waals surface area (Å²) in [7, 11) is 0. The molecule has 1 saturated carbocycles. The first-order valence-electron chi connectivity index (χ1n) is 8.01. The molecule has 2 heterocycles. The molecule has 0 aromatic heterocycles. The summed E-state index contributed by atoms with van der Waals surface area (Å²) in [5, 5.41) is 9.51. The fourth-order valence-corrected chi connectivity index (χ4v) is 3.64. The molecule has 0 amide bonds. The lowest BCUT2D eigenvalue weighted by molar-refractivity contribution is -0.176. The first-order chi connectivity index (χ1) is 10.7. The van der Waals surface area contributed by atoms with E-state index in [1.807, 2.05) is 25.2 Å². The third-order valence-electron chi connectivity index (χ3n) is 4.98. The summed E-state index contributed by atoms with van der Waals surface area (Å²) in [6.45, 7) is 3.32. The maximum absolute atomic E-state index is 9.51. The first-order valence-corrected chi connectivity index (χ1v) is 8.01. The lowest BCUT2D eigenvalue weighted by Gasteiger charge is -2.33. The largest absolute Gasteiger partial charge is 0.392 e. The normalized spacial score (nSPS) is 34.6. The Bertz CT molecular complexity index is 510. The minimum atomic E-state index is -0.446. The fourth-order valence-electron chi connectivity index (χ4n) is 3.64. The van der Waals surface area contributed by atoms with E-state index >= 15 is 0 Å². The molecular formula is C18H24O4. The highest BCUT2D eigenvalue weighted by atomic mass is 16.7. The van der Waals surface area contributed by atoms with Crippen molar-refractivity contribution in [3.8, 4) is 12.3 Å². The van der Waals surface area contributed by atoms with Crippen molar-refractivity contribution in [1.29, 1.82) is 0 Å². The lowest BCUT2D eigenvalue weighted by Crippen LogP contribution is -2.41. The third-order valence-corrected chi connectivity index (χ3v) is 4.98. The van der Waals surface area contributed by atoms with E-state index in [9.17, 15) is 5.11 Å². The van der Waals surface area contributed by atoms with E-state index in [1.165, 1.54) is 0 Å². The molecule has 1 spiro atoms. The van der Waals surface area contributed by atoms with Gasteiger partial charge in [-0.25, -0.2) is 0 Å². The van der Waals surface area contributed by atoms with Crippen LogP contribution in [0.25, 0.3) is 0 Å². The van der Waals surface area contributed by atoms with E-state index in [-0.39, 0.29) is 24.2 Å². The molecule has 22 heavy (non-hydrogen) atoms.